The third kappa shape index (κ3) is 2.20. The minimum atomic E-state index is -0.886. The van der Waals surface area contributed by atoms with Gasteiger partial charge in [-0.15, -0.1) is 0 Å². The summed E-state index contributed by atoms with van der Waals surface area (Å²) in [4.78, 5) is 15.3. The van der Waals surface area contributed by atoms with Crippen molar-refractivity contribution in [2.24, 2.45) is 5.92 Å². The van der Waals surface area contributed by atoms with Crippen molar-refractivity contribution in [3.63, 3.8) is 0 Å². The van der Waals surface area contributed by atoms with Gasteiger partial charge in [0.2, 0.25) is 0 Å². The van der Waals surface area contributed by atoms with E-state index in [2.05, 4.69) is 15.4 Å². The van der Waals surface area contributed by atoms with Gasteiger partial charge in [-0.25, -0.2) is 14.3 Å². The number of carbonyl (C=O) groups is 1. The van der Waals surface area contributed by atoms with Crippen molar-refractivity contribution in [2.75, 3.05) is 5.32 Å². The molecule has 0 aliphatic heterocycles. The molecule has 1 unspecified atom stereocenters. The van der Waals surface area contributed by atoms with E-state index >= 15 is 0 Å². The topological polar surface area (TPSA) is 79.5 Å². The molecule has 17 heavy (non-hydrogen) atoms. The molecular formula is C11H14N4O2. The van der Waals surface area contributed by atoms with Crippen LogP contribution in [-0.2, 0) is 4.79 Å². The van der Waals surface area contributed by atoms with E-state index < -0.39 is 12.0 Å². The molecule has 0 saturated heterocycles. The zero-order valence-electron chi connectivity index (χ0n) is 9.66. The Kier molecular flexibility index (Phi) is 2.95. The first kappa shape index (κ1) is 11.4. The Morgan fingerprint density at radius 2 is 2.24 bits per heavy atom. The molecule has 0 spiro atoms. The standard InChI is InChI=1S/C11H14N4O2/c1-7(2)9(11(16)17)14-10-8-3-4-13-15(8)6-5-12-10/h3-7,9H,1-2H3,(H,12,14)(H,16,17). The van der Waals surface area contributed by atoms with Crippen LogP contribution in [0.15, 0.2) is 24.7 Å². The van der Waals surface area contributed by atoms with Crippen LogP contribution in [0, 0.1) is 5.92 Å². The quantitative estimate of drug-likeness (QED) is 0.832. The molecule has 2 N–H and O–H groups in total. The number of carboxylic acids is 1. The lowest BCUT2D eigenvalue weighted by Gasteiger charge is -2.18. The lowest BCUT2D eigenvalue weighted by Crippen LogP contribution is -2.34. The second-order valence-corrected chi connectivity index (χ2v) is 4.14. The molecule has 0 amide bonds. The van der Waals surface area contributed by atoms with Crippen LogP contribution in [0.2, 0.25) is 0 Å². The van der Waals surface area contributed by atoms with E-state index in [9.17, 15) is 4.79 Å². The summed E-state index contributed by atoms with van der Waals surface area (Å²) in [5, 5.41) is 16.1. The highest BCUT2D eigenvalue weighted by molar-refractivity contribution is 5.79. The van der Waals surface area contributed by atoms with Gasteiger partial charge in [0.1, 0.15) is 11.6 Å². The minimum Gasteiger partial charge on any atom is -0.480 e. The van der Waals surface area contributed by atoms with Crippen LogP contribution in [0.3, 0.4) is 0 Å². The van der Waals surface area contributed by atoms with Crippen molar-refractivity contribution in [1.82, 2.24) is 14.6 Å². The number of rotatable bonds is 4. The molecule has 2 aromatic rings. The lowest BCUT2D eigenvalue weighted by molar-refractivity contribution is -0.138. The van der Waals surface area contributed by atoms with Crippen molar-refractivity contribution in [3.8, 4) is 0 Å². The molecule has 0 radical (unpaired) electrons. The first-order valence-electron chi connectivity index (χ1n) is 5.37. The fourth-order valence-corrected chi connectivity index (χ4v) is 1.63. The first-order chi connectivity index (χ1) is 8.09. The molecule has 6 heteroatoms. The van der Waals surface area contributed by atoms with Crippen LogP contribution >= 0.6 is 0 Å². The SMILES string of the molecule is CC(C)C(Nc1nccn2nccc12)C(=O)O. The molecule has 0 aliphatic rings. The zero-order chi connectivity index (χ0) is 12.4. The second kappa shape index (κ2) is 4.40. The predicted octanol–water partition coefficient (Wildman–Crippen LogP) is 1.25. The Bertz CT molecular complexity index is 535. The van der Waals surface area contributed by atoms with E-state index in [0.29, 0.717) is 5.82 Å². The number of aliphatic carboxylic acids is 1. The molecule has 90 valence electrons. The van der Waals surface area contributed by atoms with Gasteiger partial charge in [0, 0.05) is 12.4 Å². The number of nitrogens with one attached hydrogen (secondary N) is 1. The molecule has 0 aromatic carbocycles. The van der Waals surface area contributed by atoms with Gasteiger partial charge < -0.3 is 10.4 Å². The van der Waals surface area contributed by atoms with Crippen molar-refractivity contribution in [2.45, 2.75) is 19.9 Å². The third-order valence-corrected chi connectivity index (χ3v) is 2.55. The molecule has 0 fully saturated rings. The molecular weight excluding hydrogens is 220 g/mol. The van der Waals surface area contributed by atoms with Crippen molar-refractivity contribution in [3.05, 3.63) is 24.7 Å². The van der Waals surface area contributed by atoms with Gasteiger partial charge in [0.25, 0.3) is 0 Å². The zero-order valence-corrected chi connectivity index (χ0v) is 9.66. The molecule has 0 aliphatic carbocycles. The first-order valence-corrected chi connectivity index (χ1v) is 5.37. The lowest BCUT2D eigenvalue weighted by atomic mass is 10.1. The van der Waals surface area contributed by atoms with E-state index in [1.807, 2.05) is 13.8 Å². The third-order valence-electron chi connectivity index (χ3n) is 2.55. The highest BCUT2D eigenvalue weighted by atomic mass is 16.4. The average molecular weight is 234 g/mol. The van der Waals surface area contributed by atoms with Gasteiger partial charge in [-0.3, -0.25) is 0 Å². The molecule has 1 atom stereocenters. The highest BCUT2D eigenvalue weighted by Gasteiger charge is 2.22. The molecule has 2 heterocycles. The van der Waals surface area contributed by atoms with Crippen LogP contribution in [0.5, 0.6) is 0 Å². The van der Waals surface area contributed by atoms with Crippen molar-refractivity contribution < 1.29 is 9.90 Å². The summed E-state index contributed by atoms with van der Waals surface area (Å²) in [5.41, 5.74) is 0.763. The summed E-state index contributed by atoms with van der Waals surface area (Å²) in [6.45, 7) is 3.70. The number of nitrogens with zero attached hydrogens (tertiary/aromatic N) is 3. The normalized spacial score (nSPS) is 12.9. The maximum atomic E-state index is 11.1. The Balaban J connectivity index is 2.34. The summed E-state index contributed by atoms with van der Waals surface area (Å²) < 4.78 is 1.65. The number of hydrogen-bond acceptors (Lipinski definition) is 4. The summed E-state index contributed by atoms with van der Waals surface area (Å²) in [5.74, 6) is -0.383. The maximum Gasteiger partial charge on any atom is 0.326 e. The molecule has 2 aromatic heterocycles. The van der Waals surface area contributed by atoms with Crippen LogP contribution < -0.4 is 5.32 Å². The Morgan fingerprint density at radius 3 is 2.88 bits per heavy atom. The Morgan fingerprint density at radius 1 is 1.47 bits per heavy atom. The van der Waals surface area contributed by atoms with Gasteiger partial charge >= 0.3 is 5.97 Å². The molecule has 0 bridgehead atoms. The average Bonchev–Trinajstić information content (AvgIpc) is 2.73. The molecule has 6 nitrogen and oxygen atoms in total. The fraction of sp³-hybridized carbons (Fsp3) is 0.364. The van der Waals surface area contributed by atoms with Crippen LogP contribution in [0.1, 0.15) is 13.8 Å². The van der Waals surface area contributed by atoms with Crippen molar-refractivity contribution in [1.29, 1.82) is 0 Å². The summed E-state index contributed by atoms with van der Waals surface area (Å²) in [7, 11) is 0. The molecule has 2 rings (SSSR count). The summed E-state index contributed by atoms with van der Waals surface area (Å²) >= 11 is 0. The van der Waals surface area contributed by atoms with Gasteiger partial charge in [0.05, 0.1) is 6.20 Å². The molecule has 0 saturated carbocycles. The van der Waals surface area contributed by atoms with E-state index in [-0.39, 0.29) is 5.92 Å². The van der Waals surface area contributed by atoms with Gasteiger partial charge in [-0.2, -0.15) is 5.10 Å². The van der Waals surface area contributed by atoms with Gasteiger partial charge in [0.15, 0.2) is 5.82 Å². The van der Waals surface area contributed by atoms with Crippen LogP contribution in [0.25, 0.3) is 5.52 Å². The number of fused-ring (bicyclic) bond motifs is 1. The minimum absolute atomic E-state index is 0.0301. The number of carboxylic acid groups (broad SMARTS) is 1. The largest absolute Gasteiger partial charge is 0.480 e. The maximum absolute atomic E-state index is 11.1. The highest BCUT2D eigenvalue weighted by Crippen LogP contribution is 2.16. The smallest absolute Gasteiger partial charge is 0.326 e. The fourth-order valence-electron chi connectivity index (χ4n) is 1.63. The monoisotopic (exact) mass is 234 g/mol. The predicted molar refractivity (Wildman–Crippen MR) is 62.9 cm³/mol. The number of anilines is 1. The van der Waals surface area contributed by atoms with Crippen LogP contribution in [-0.4, -0.2) is 31.7 Å². The van der Waals surface area contributed by atoms with E-state index in [4.69, 9.17) is 5.11 Å². The van der Waals surface area contributed by atoms with E-state index in [0.717, 1.165) is 5.52 Å². The van der Waals surface area contributed by atoms with E-state index in [1.54, 1.807) is 29.2 Å². The van der Waals surface area contributed by atoms with Gasteiger partial charge in [-0.05, 0) is 12.0 Å². The van der Waals surface area contributed by atoms with Gasteiger partial charge in [-0.1, -0.05) is 13.8 Å². The number of aromatic nitrogens is 3. The van der Waals surface area contributed by atoms with E-state index in [1.165, 1.54) is 0 Å². The summed E-state index contributed by atoms with van der Waals surface area (Å²) in [6, 6.07) is 1.12. The number of hydrogen-bond donors (Lipinski definition) is 2. The Hall–Kier alpha value is -2.11. The Labute approximate surface area is 98.3 Å². The van der Waals surface area contributed by atoms with Crippen LogP contribution in [0.4, 0.5) is 5.82 Å². The summed E-state index contributed by atoms with van der Waals surface area (Å²) in [6.07, 6.45) is 4.95. The second-order valence-electron chi connectivity index (χ2n) is 4.14. The van der Waals surface area contributed by atoms with Crippen molar-refractivity contribution >= 4 is 17.3 Å².